The molecule has 230 valence electrons. The van der Waals surface area contributed by atoms with E-state index in [1.54, 1.807) is 11.0 Å². The summed E-state index contributed by atoms with van der Waals surface area (Å²) < 4.78 is 20.5. The van der Waals surface area contributed by atoms with E-state index < -0.39 is 17.3 Å². The number of nitrogens with zero attached hydrogens (tertiary/aromatic N) is 6. The minimum atomic E-state index is -0.685. The van der Waals surface area contributed by atoms with Crippen molar-refractivity contribution in [1.29, 1.82) is 0 Å². The van der Waals surface area contributed by atoms with Gasteiger partial charge in [0.1, 0.15) is 11.4 Å². The fourth-order valence-corrected chi connectivity index (χ4v) is 5.55. The second-order valence-electron chi connectivity index (χ2n) is 12.6. The molecular formula is C31H40FN7O4. The molecule has 1 aliphatic carbocycles. The second kappa shape index (κ2) is 12.3. The highest BCUT2D eigenvalue weighted by atomic mass is 19.1. The van der Waals surface area contributed by atoms with Gasteiger partial charge < -0.3 is 19.9 Å². The summed E-state index contributed by atoms with van der Waals surface area (Å²) in [4.78, 5) is 51.0. The predicted octanol–water partition coefficient (Wildman–Crippen LogP) is 3.95. The van der Waals surface area contributed by atoms with Crippen LogP contribution in [-0.4, -0.2) is 99.3 Å². The number of benzene rings is 1. The van der Waals surface area contributed by atoms with E-state index in [0.29, 0.717) is 37.1 Å². The molecule has 12 heteroatoms. The maximum atomic E-state index is 15.0. The van der Waals surface area contributed by atoms with E-state index >= 15 is 0 Å². The number of carbonyl (C=O) groups is 3. The van der Waals surface area contributed by atoms with E-state index in [0.717, 1.165) is 25.1 Å². The van der Waals surface area contributed by atoms with Gasteiger partial charge >= 0.3 is 6.09 Å². The number of likely N-dealkylation sites (tertiary alicyclic amines) is 1. The predicted molar refractivity (Wildman–Crippen MR) is 159 cm³/mol. The van der Waals surface area contributed by atoms with Gasteiger partial charge in [0.2, 0.25) is 0 Å². The van der Waals surface area contributed by atoms with Crippen molar-refractivity contribution in [3.8, 4) is 11.4 Å². The maximum absolute atomic E-state index is 15.0. The van der Waals surface area contributed by atoms with Crippen molar-refractivity contribution >= 4 is 23.6 Å². The Morgan fingerprint density at radius 2 is 1.72 bits per heavy atom. The number of hydrazone groups is 1. The standard InChI is InChI=1S/C31H40FN7O4/c1-19-18-37(5)36-26(19)17-35-28(40)24-9-6-20(14-25(24)32)27-33-15-21(16-34-27)29(41)39(22-7-8-22)23-10-12-38(13-11-23)30(42)43-31(2,3)4/h6,9,14-16,19,22-23H,7-8,10-13,17-18H2,1-5H3,(H,35,40). The van der Waals surface area contributed by atoms with Crippen molar-refractivity contribution in [3.63, 3.8) is 0 Å². The number of ether oxygens (including phenoxy) is 1. The fraction of sp³-hybridized carbons (Fsp3) is 0.548. The van der Waals surface area contributed by atoms with Crippen molar-refractivity contribution in [1.82, 2.24) is 30.1 Å². The summed E-state index contributed by atoms with van der Waals surface area (Å²) >= 11 is 0. The summed E-state index contributed by atoms with van der Waals surface area (Å²) in [6.45, 7) is 9.65. The Balaban J connectivity index is 1.20. The minimum absolute atomic E-state index is 0.0102. The summed E-state index contributed by atoms with van der Waals surface area (Å²) in [5.74, 6) is -0.876. The van der Waals surface area contributed by atoms with Crippen LogP contribution in [0.5, 0.6) is 0 Å². The lowest BCUT2D eigenvalue weighted by Crippen LogP contribution is -2.50. The lowest BCUT2D eigenvalue weighted by Gasteiger charge is -2.39. The van der Waals surface area contributed by atoms with Crippen LogP contribution >= 0.6 is 0 Å². The molecule has 0 spiro atoms. The number of amides is 3. The van der Waals surface area contributed by atoms with Crippen molar-refractivity contribution in [3.05, 3.63) is 47.5 Å². The van der Waals surface area contributed by atoms with Crippen LogP contribution in [0.3, 0.4) is 0 Å². The van der Waals surface area contributed by atoms with E-state index in [9.17, 15) is 18.8 Å². The van der Waals surface area contributed by atoms with Crippen LogP contribution < -0.4 is 5.32 Å². The SMILES string of the molecule is CC1CN(C)N=C1CNC(=O)c1ccc(-c2ncc(C(=O)N(C3CC3)C3CCN(C(=O)OC(C)(C)C)CC3)cn2)cc1F. The first-order valence-corrected chi connectivity index (χ1v) is 14.9. The summed E-state index contributed by atoms with van der Waals surface area (Å²) in [5, 5.41) is 8.95. The number of hydrogen-bond acceptors (Lipinski definition) is 8. The quantitative estimate of drug-likeness (QED) is 0.516. The first kappa shape index (κ1) is 30.4. The van der Waals surface area contributed by atoms with Gasteiger partial charge in [-0.1, -0.05) is 13.0 Å². The zero-order valence-electron chi connectivity index (χ0n) is 25.5. The average molecular weight is 594 g/mol. The summed E-state index contributed by atoms with van der Waals surface area (Å²) in [5.41, 5.74) is 0.976. The highest BCUT2D eigenvalue weighted by Crippen LogP contribution is 2.33. The van der Waals surface area contributed by atoms with Gasteiger partial charge in [0.05, 0.1) is 23.4 Å². The molecule has 3 aliphatic rings. The number of hydrogen-bond donors (Lipinski definition) is 1. The Kier molecular flexibility index (Phi) is 8.66. The highest BCUT2D eigenvalue weighted by Gasteiger charge is 2.40. The fourth-order valence-electron chi connectivity index (χ4n) is 5.55. The van der Waals surface area contributed by atoms with Gasteiger partial charge in [-0.15, -0.1) is 0 Å². The molecule has 1 unspecified atom stereocenters. The van der Waals surface area contributed by atoms with Crippen LogP contribution in [0.4, 0.5) is 9.18 Å². The lowest BCUT2D eigenvalue weighted by atomic mass is 10.0. The number of aromatic nitrogens is 2. The molecule has 11 nitrogen and oxygen atoms in total. The third-order valence-corrected chi connectivity index (χ3v) is 7.89. The van der Waals surface area contributed by atoms with Gasteiger partial charge in [0.25, 0.3) is 11.8 Å². The third-order valence-electron chi connectivity index (χ3n) is 7.89. The zero-order chi connectivity index (χ0) is 30.9. The van der Waals surface area contributed by atoms with Crippen LogP contribution in [0.2, 0.25) is 0 Å². The minimum Gasteiger partial charge on any atom is -0.444 e. The van der Waals surface area contributed by atoms with Crippen molar-refractivity contribution in [2.45, 2.75) is 71.1 Å². The molecule has 5 rings (SSSR count). The highest BCUT2D eigenvalue weighted by molar-refractivity contribution is 5.99. The lowest BCUT2D eigenvalue weighted by molar-refractivity contribution is 0.0142. The van der Waals surface area contributed by atoms with E-state index in [1.807, 2.05) is 44.7 Å². The Morgan fingerprint density at radius 1 is 1.07 bits per heavy atom. The van der Waals surface area contributed by atoms with Crippen LogP contribution in [0, 0.1) is 11.7 Å². The number of piperidine rings is 1. The number of rotatable bonds is 7. The van der Waals surface area contributed by atoms with Gasteiger partial charge in [-0.3, -0.25) is 14.6 Å². The van der Waals surface area contributed by atoms with E-state index in [-0.39, 0.29) is 47.9 Å². The average Bonchev–Trinajstić information content (AvgIpc) is 3.74. The number of carbonyl (C=O) groups excluding carboxylic acids is 3. The van der Waals surface area contributed by atoms with Gasteiger partial charge in [-0.2, -0.15) is 5.10 Å². The Bertz CT molecular complexity index is 1400. The smallest absolute Gasteiger partial charge is 0.410 e. The molecule has 1 N–H and O–H groups in total. The van der Waals surface area contributed by atoms with E-state index in [2.05, 4.69) is 20.4 Å². The molecule has 0 radical (unpaired) electrons. The van der Waals surface area contributed by atoms with Crippen LogP contribution in [0.15, 0.2) is 35.7 Å². The monoisotopic (exact) mass is 593 g/mol. The number of nitrogens with one attached hydrogen (secondary N) is 1. The molecule has 3 amide bonds. The molecule has 2 aliphatic heterocycles. The first-order chi connectivity index (χ1) is 20.4. The van der Waals surface area contributed by atoms with Crippen molar-refractivity contribution in [2.75, 3.05) is 33.2 Å². The normalized spacial score (nSPS) is 19.2. The molecule has 1 aromatic heterocycles. The Hall–Kier alpha value is -4.09. The number of halogens is 1. The summed E-state index contributed by atoms with van der Waals surface area (Å²) in [6, 6.07) is 4.41. The first-order valence-electron chi connectivity index (χ1n) is 14.9. The van der Waals surface area contributed by atoms with Crippen molar-refractivity contribution in [2.24, 2.45) is 11.0 Å². The molecule has 1 atom stereocenters. The van der Waals surface area contributed by atoms with Crippen molar-refractivity contribution < 1.29 is 23.5 Å². The molecule has 2 aromatic rings. The molecule has 1 aromatic carbocycles. The molecular weight excluding hydrogens is 553 g/mol. The van der Waals surface area contributed by atoms with Crippen LogP contribution in [-0.2, 0) is 4.74 Å². The molecule has 2 fully saturated rings. The van der Waals surface area contributed by atoms with Crippen LogP contribution in [0.25, 0.3) is 11.4 Å². The van der Waals surface area contributed by atoms with E-state index in [1.165, 1.54) is 24.5 Å². The summed E-state index contributed by atoms with van der Waals surface area (Å²) in [7, 11) is 1.87. The van der Waals surface area contributed by atoms with Gasteiger partial charge in [-0.25, -0.2) is 19.2 Å². The van der Waals surface area contributed by atoms with Gasteiger partial charge in [0.15, 0.2) is 5.82 Å². The molecule has 43 heavy (non-hydrogen) atoms. The topological polar surface area (TPSA) is 120 Å². The summed E-state index contributed by atoms with van der Waals surface area (Å²) in [6.07, 6.45) is 5.84. The Morgan fingerprint density at radius 3 is 2.28 bits per heavy atom. The second-order valence-corrected chi connectivity index (χ2v) is 12.6. The van der Waals surface area contributed by atoms with Gasteiger partial charge in [0, 0.05) is 62.6 Å². The zero-order valence-corrected chi connectivity index (χ0v) is 25.5. The third kappa shape index (κ3) is 7.29. The molecule has 3 heterocycles. The molecule has 1 saturated heterocycles. The van der Waals surface area contributed by atoms with E-state index in [4.69, 9.17) is 4.74 Å². The van der Waals surface area contributed by atoms with Gasteiger partial charge in [-0.05, 0) is 58.6 Å². The molecule has 1 saturated carbocycles. The Labute approximate surface area is 251 Å². The van der Waals surface area contributed by atoms with Crippen LogP contribution in [0.1, 0.15) is 74.1 Å². The largest absolute Gasteiger partial charge is 0.444 e. The maximum Gasteiger partial charge on any atom is 0.410 e. The molecule has 0 bridgehead atoms.